The van der Waals surface area contributed by atoms with Gasteiger partial charge in [-0.3, -0.25) is 10.1 Å². The van der Waals surface area contributed by atoms with Crippen LogP contribution < -0.4 is 15.4 Å². The minimum absolute atomic E-state index is 0.135. The summed E-state index contributed by atoms with van der Waals surface area (Å²) in [5.74, 6) is 0.486. The molecule has 1 aromatic heterocycles. The first kappa shape index (κ1) is 20.2. The molecule has 2 N–H and O–H groups in total. The summed E-state index contributed by atoms with van der Waals surface area (Å²) in [5, 5.41) is 9.81. The van der Waals surface area contributed by atoms with Crippen molar-refractivity contribution in [1.29, 1.82) is 0 Å². The number of aryl methyl sites for hydroxylation is 1. The van der Waals surface area contributed by atoms with Gasteiger partial charge in [-0.1, -0.05) is 19.1 Å². The van der Waals surface area contributed by atoms with E-state index in [0.717, 1.165) is 0 Å². The summed E-state index contributed by atoms with van der Waals surface area (Å²) in [6.07, 6.45) is 0.635. The highest BCUT2D eigenvalue weighted by atomic mass is 16.5. The number of urea groups is 1. The van der Waals surface area contributed by atoms with Crippen molar-refractivity contribution in [1.82, 2.24) is 9.78 Å². The van der Waals surface area contributed by atoms with E-state index in [1.807, 2.05) is 19.9 Å². The van der Waals surface area contributed by atoms with Crippen molar-refractivity contribution in [2.24, 2.45) is 15.9 Å². The van der Waals surface area contributed by atoms with Crippen LogP contribution in [-0.2, 0) is 4.79 Å². The highest BCUT2D eigenvalue weighted by Gasteiger charge is 2.26. The molecule has 1 aliphatic heterocycles. The summed E-state index contributed by atoms with van der Waals surface area (Å²) in [7, 11) is 0. The number of nitrogens with one attached hydrogen (secondary N) is 2. The van der Waals surface area contributed by atoms with Crippen LogP contribution in [0.25, 0.3) is 0 Å². The van der Waals surface area contributed by atoms with Crippen LogP contribution in [0.1, 0.15) is 32.9 Å². The van der Waals surface area contributed by atoms with Crippen molar-refractivity contribution in [3.05, 3.63) is 36.0 Å². The number of benzene rings is 1. The molecule has 29 heavy (non-hydrogen) atoms. The van der Waals surface area contributed by atoms with Gasteiger partial charge >= 0.3 is 6.03 Å². The normalized spacial score (nSPS) is 16.1. The Morgan fingerprint density at radius 2 is 1.93 bits per heavy atom. The molecule has 0 fully saturated rings. The summed E-state index contributed by atoms with van der Waals surface area (Å²) in [6, 6.07) is 8.35. The average Bonchev–Trinajstić information content (AvgIpc) is 3.03. The van der Waals surface area contributed by atoms with Crippen LogP contribution in [0.5, 0.6) is 5.75 Å². The highest BCUT2D eigenvalue weighted by molar-refractivity contribution is 6.15. The number of amides is 3. The van der Waals surface area contributed by atoms with E-state index in [-0.39, 0.29) is 17.8 Å². The molecule has 2 aromatic rings. The molecule has 1 aliphatic rings. The van der Waals surface area contributed by atoms with Gasteiger partial charge in [0.15, 0.2) is 0 Å². The van der Waals surface area contributed by atoms with E-state index in [4.69, 9.17) is 4.74 Å². The Balaban J connectivity index is 1.82. The van der Waals surface area contributed by atoms with Crippen molar-refractivity contribution >= 4 is 35.1 Å². The molecule has 0 radical (unpaired) electrons. The second-order valence-corrected chi connectivity index (χ2v) is 6.56. The lowest BCUT2D eigenvalue weighted by atomic mass is 10.00. The number of hydrogen-bond donors (Lipinski definition) is 2. The van der Waals surface area contributed by atoms with Crippen molar-refractivity contribution < 1.29 is 14.3 Å². The zero-order valence-corrected chi connectivity index (χ0v) is 16.9. The molecule has 2 heterocycles. The Bertz CT molecular complexity index is 992. The highest BCUT2D eigenvalue weighted by Crippen LogP contribution is 2.24. The summed E-state index contributed by atoms with van der Waals surface area (Å²) in [5.41, 5.74) is 1.87. The van der Waals surface area contributed by atoms with Gasteiger partial charge < -0.3 is 10.1 Å². The van der Waals surface area contributed by atoms with Crippen LogP contribution in [0.15, 0.2) is 40.3 Å². The Labute approximate surface area is 168 Å². The predicted octanol–water partition coefficient (Wildman–Crippen LogP) is 3.47. The monoisotopic (exact) mass is 396 g/mol. The zero-order chi connectivity index (χ0) is 21.0. The van der Waals surface area contributed by atoms with Crippen molar-refractivity contribution in [3.63, 3.8) is 0 Å². The van der Waals surface area contributed by atoms with Gasteiger partial charge in [-0.2, -0.15) is 14.8 Å². The van der Waals surface area contributed by atoms with Crippen molar-refractivity contribution in [2.75, 3.05) is 17.2 Å². The fraction of sp³-hybridized carbons (Fsp3) is 0.350. The molecule has 0 saturated heterocycles. The number of ether oxygens (including phenoxy) is 1. The van der Waals surface area contributed by atoms with Gasteiger partial charge in [-0.05, 0) is 39.3 Å². The topological polar surface area (TPSA) is 110 Å². The van der Waals surface area contributed by atoms with Gasteiger partial charge in [0.05, 0.1) is 23.9 Å². The molecular weight excluding hydrogens is 372 g/mol. The number of aliphatic imine (C=N–C) groups is 2. The van der Waals surface area contributed by atoms with E-state index in [9.17, 15) is 9.59 Å². The Morgan fingerprint density at radius 1 is 1.17 bits per heavy atom. The first-order valence-electron chi connectivity index (χ1n) is 9.47. The van der Waals surface area contributed by atoms with E-state index >= 15 is 0 Å². The summed E-state index contributed by atoms with van der Waals surface area (Å²) in [6.45, 7) is 7.84. The Hall–Kier alpha value is -3.49. The van der Waals surface area contributed by atoms with E-state index in [1.165, 1.54) is 4.68 Å². The van der Waals surface area contributed by atoms with Gasteiger partial charge in [0.25, 0.3) is 11.9 Å². The zero-order valence-electron chi connectivity index (χ0n) is 16.9. The minimum atomic E-state index is -0.479. The van der Waals surface area contributed by atoms with E-state index in [2.05, 4.69) is 25.7 Å². The number of rotatable bonds is 5. The SMILES string of the molecule is CCOc1ccccc1NC(=O)Nc1cc(C)nn1C1=NC(=O)C(CC)C(C)=N1. The van der Waals surface area contributed by atoms with Gasteiger partial charge in [0, 0.05) is 11.8 Å². The Kier molecular flexibility index (Phi) is 6.06. The molecule has 9 nitrogen and oxygen atoms in total. The molecule has 1 unspecified atom stereocenters. The van der Waals surface area contributed by atoms with Crippen LogP contribution in [0.4, 0.5) is 16.3 Å². The smallest absolute Gasteiger partial charge is 0.324 e. The van der Waals surface area contributed by atoms with Gasteiger partial charge in [-0.15, -0.1) is 0 Å². The van der Waals surface area contributed by atoms with Gasteiger partial charge in [0.1, 0.15) is 11.6 Å². The lowest BCUT2D eigenvalue weighted by Crippen LogP contribution is -2.30. The predicted molar refractivity (Wildman–Crippen MR) is 112 cm³/mol. The lowest BCUT2D eigenvalue weighted by molar-refractivity contribution is -0.119. The number of aromatic nitrogens is 2. The summed E-state index contributed by atoms with van der Waals surface area (Å²) >= 11 is 0. The molecule has 0 spiro atoms. The number of anilines is 2. The van der Waals surface area contributed by atoms with E-state index in [0.29, 0.717) is 41.7 Å². The second kappa shape index (κ2) is 8.68. The minimum Gasteiger partial charge on any atom is -0.492 e. The number of hydrogen-bond acceptors (Lipinski definition) is 5. The maximum Gasteiger partial charge on any atom is 0.324 e. The third-order valence-corrected chi connectivity index (χ3v) is 4.39. The average molecular weight is 396 g/mol. The quantitative estimate of drug-likeness (QED) is 0.806. The standard InChI is InChI=1S/C20H24N6O3/c1-5-14-13(4)21-19(24-18(14)27)26-17(11-12(3)25-26)23-20(28)22-15-9-7-8-10-16(15)29-6-2/h7-11,14H,5-6H2,1-4H3,(H2,22,23,28). The lowest BCUT2D eigenvalue weighted by Gasteiger charge is -2.17. The molecule has 152 valence electrons. The number of carbonyl (C=O) groups excluding carboxylic acids is 2. The molecule has 0 saturated carbocycles. The molecular formula is C20H24N6O3. The fourth-order valence-electron chi connectivity index (χ4n) is 3.04. The number of nitrogens with zero attached hydrogens (tertiary/aromatic N) is 4. The van der Waals surface area contributed by atoms with Crippen molar-refractivity contribution in [3.8, 4) is 5.75 Å². The number of para-hydroxylation sites is 2. The summed E-state index contributed by atoms with van der Waals surface area (Å²) < 4.78 is 6.88. The molecule has 0 aliphatic carbocycles. The van der Waals surface area contributed by atoms with Crippen LogP contribution in [0, 0.1) is 12.8 Å². The maximum absolute atomic E-state index is 12.5. The third-order valence-electron chi connectivity index (χ3n) is 4.39. The van der Waals surface area contributed by atoms with Crippen molar-refractivity contribution in [2.45, 2.75) is 34.1 Å². The summed E-state index contributed by atoms with van der Waals surface area (Å²) in [4.78, 5) is 33.3. The molecule has 3 rings (SSSR count). The van der Waals surface area contributed by atoms with E-state index in [1.54, 1.807) is 38.1 Å². The van der Waals surface area contributed by atoms with Crippen LogP contribution in [0.3, 0.4) is 0 Å². The fourth-order valence-corrected chi connectivity index (χ4v) is 3.04. The van der Waals surface area contributed by atoms with Crippen LogP contribution >= 0.6 is 0 Å². The second-order valence-electron chi connectivity index (χ2n) is 6.56. The largest absolute Gasteiger partial charge is 0.492 e. The van der Waals surface area contributed by atoms with Gasteiger partial charge in [0.2, 0.25) is 0 Å². The van der Waals surface area contributed by atoms with Gasteiger partial charge in [-0.25, -0.2) is 9.79 Å². The molecule has 9 heteroatoms. The third kappa shape index (κ3) is 4.50. The molecule has 0 bridgehead atoms. The van der Waals surface area contributed by atoms with E-state index < -0.39 is 6.03 Å². The number of carbonyl (C=O) groups is 2. The first-order valence-corrected chi connectivity index (χ1v) is 9.47. The molecule has 1 atom stereocenters. The Morgan fingerprint density at radius 3 is 2.62 bits per heavy atom. The molecule has 3 amide bonds. The maximum atomic E-state index is 12.5. The van der Waals surface area contributed by atoms with Crippen LogP contribution in [0.2, 0.25) is 0 Å². The van der Waals surface area contributed by atoms with Crippen LogP contribution in [-0.4, -0.2) is 40.0 Å². The molecule has 1 aromatic carbocycles. The first-order chi connectivity index (χ1) is 13.9.